The van der Waals surface area contributed by atoms with E-state index in [2.05, 4.69) is 10.3 Å². The molecule has 140 valence electrons. The highest BCUT2D eigenvalue weighted by molar-refractivity contribution is 5.86. The molecule has 3 aromatic rings. The number of nitrogens with one attached hydrogen (secondary N) is 2. The van der Waals surface area contributed by atoms with Crippen molar-refractivity contribution in [2.75, 3.05) is 0 Å². The van der Waals surface area contributed by atoms with Crippen LogP contribution in [-0.4, -0.2) is 22.0 Å². The molecule has 5 nitrogen and oxygen atoms in total. The summed E-state index contributed by atoms with van der Waals surface area (Å²) in [5.41, 5.74) is 11.5. The average molecular weight is 363 g/mol. The van der Waals surface area contributed by atoms with Crippen molar-refractivity contribution in [1.82, 2.24) is 10.3 Å². The highest BCUT2D eigenvalue weighted by atomic mass is 16.3. The van der Waals surface area contributed by atoms with Crippen LogP contribution in [-0.2, 0) is 30.6 Å². The molecule has 0 bridgehead atoms. The summed E-state index contributed by atoms with van der Waals surface area (Å²) in [5.74, 6) is 0.0502. The van der Waals surface area contributed by atoms with Crippen LogP contribution in [0.2, 0.25) is 0 Å². The number of aryl methyl sites for hydroxylation is 1. The van der Waals surface area contributed by atoms with Crippen LogP contribution >= 0.6 is 0 Å². The number of carbonyl (C=O) groups excluding carboxylic acids is 1. The molecule has 4 rings (SSSR count). The van der Waals surface area contributed by atoms with Crippen molar-refractivity contribution in [3.05, 3.63) is 64.8 Å². The van der Waals surface area contributed by atoms with Crippen LogP contribution in [0.1, 0.15) is 35.1 Å². The third-order valence-corrected chi connectivity index (χ3v) is 5.52. The maximum Gasteiger partial charge on any atom is 0.237 e. The standard InChI is InChI=1S/C22H25N3O2/c23-19(11-15-12-24-20-8-4-3-7-17(15)20)22(27)25-13-18-16-6-2-1-5-14(16)9-10-21(18)26/h3-4,7-10,12,19,24,26H,1-2,5-6,11,13,23H2,(H,25,27)/t19-/m0/s1. The number of amides is 1. The Morgan fingerprint density at radius 1 is 1.19 bits per heavy atom. The van der Waals surface area contributed by atoms with Gasteiger partial charge in [0.25, 0.3) is 0 Å². The minimum Gasteiger partial charge on any atom is -0.508 e. The molecule has 0 saturated carbocycles. The van der Waals surface area contributed by atoms with Crippen LogP contribution in [0.4, 0.5) is 0 Å². The molecule has 1 aliphatic carbocycles. The SMILES string of the molecule is N[C@@H](Cc1c[nH]c2ccccc12)C(=O)NCc1c(O)ccc2c1CCCC2. The minimum atomic E-state index is -0.633. The number of phenols is 1. The molecule has 27 heavy (non-hydrogen) atoms. The van der Waals surface area contributed by atoms with Crippen molar-refractivity contribution in [3.8, 4) is 5.75 Å². The molecular weight excluding hydrogens is 338 g/mol. The van der Waals surface area contributed by atoms with Gasteiger partial charge in [0.15, 0.2) is 0 Å². The third kappa shape index (κ3) is 3.55. The van der Waals surface area contributed by atoms with Crippen LogP contribution in [0, 0.1) is 0 Å². The molecule has 2 aromatic carbocycles. The Balaban J connectivity index is 1.44. The van der Waals surface area contributed by atoms with Crippen molar-refractivity contribution in [1.29, 1.82) is 0 Å². The zero-order chi connectivity index (χ0) is 18.8. The number of para-hydroxylation sites is 1. The topological polar surface area (TPSA) is 91.1 Å². The van der Waals surface area contributed by atoms with Gasteiger partial charge in [-0.2, -0.15) is 0 Å². The van der Waals surface area contributed by atoms with Gasteiger partial charge in [0.1, 0.15) is 5.75 Å². The van der Waals surface area contributed by atoms with E-state index < -0.39 is 6.04 Å². The van der Waals surface area contributed by atoms with Crippen molar-refractivity contribution in [3.63, 3.8) is 0 Å². The van der Waals surface area contributed by atoms with Crippen molar-refractivity contribution in [2.24, 2.45) is 5.73 Å². The number of phenolic OH excluding ortho intramolecular Hbond substituents is 1. The highest BCUT2D eigenvalue weighted by Crippen LogP contribution is 2.30. The van der Waals surface area contributed by atoms with Gasteiger partial charge in [0, 0.05) is 29.2 Å². The molecule has 5 heteroatoms. The maximum atomic E-state index is 12.5. The van der Waals surface area contributed by atoms with E-state index in [1.165, 1.54) is 17.5 Å². The van der Waals surface area contributed by atoms with E-state index in [1.54, 1.807) is 6.07 Å². The number of hydrogen-bond acceptors (Lipinski definition) is 3. The number of benzene rings is 2. The lowest BCUT2D eigenvalue weighted by molar-refractivity contribution is -0.122. The monoisotopic (exact) mass is 363 g/mol. The van der Waals surface area contributed by atoms with Crippen LogP contribution in [0.5, 0.6) is 5.75 Å². The Bertz CT molecular complexity index is 977. The Labute approximate surface area is 158 Å². The minimum absolute atomic E-state index is 0.201. The van der Waals surface area contributed by atoms with E-state index in [-0.39, 0.29) is 11.7 Å². The van der Waals surface area contributed by atoms with Crippen LogP contribution < -0.4 is 11.1 Å². The molecule has 1 heterocycles. The quantitative estimate of drug-likeness (QED) is 0.562. The van der Waals surface area contributed by atoms with E-state index in [4.69, 9.17) is 5.73 Å². The van der Waals surface area contributed by atoms with Gasteiger partial charge >= 0.3 is 0 Å². The molecule has 0 aliphatic heterocycles. The number of rotatable bonds is 5. The number of aromatic nitrogens is 1. The van der Waals surface area contributed by atoms with E-state index >= 15 is 0 Å². The Hall–Kier alpha value is -2.79. The molecule has 1 aromatic heterocycles. The van der Waals surface area contributed by atoms with Crippen molar-refractivity contribution < 1.29 is 9.90 Å². The van der Waals surface area contributed by atoms with E-state index in [1.807, 2.05) is 36.5 Å². The van der Waals surface area contributed by atoms with Crippen molar-refractivity contribution >= 4 is 16.8 Å². The van der Waals surface area contributed by atoms with Crippen LogP contribution in [0.3, 0.4) is 0 Å². The number of aromatic hydroxyl groups is 1. The fraction of sp³-hybridized carbons (Fsp3) is 0.318. The third-order valence-electron chi connectivity index (χ3n) is 5.52. The van der Waals surface area contributed by atoms with E-state index in [0.29, 0.717) is 13.0 Å². The molecule has 1 amide bonds. The summed E-state index contributed by atoms with van der Waals surface area (Å²) < 4.78 is 0. The normalized spacial score (nSPS) is 14.7. The largest absolute Gasteiger partial charge is 0.508 e. The molecule has 0 spiro atoms. The van der Waals surface area contributed by atoms with Gasteiger partial charge in [-0.3, -0.25) is 4.79 Å². The summed E-state index contributed by atoms with van der Waals surface area (Å²) in [7, 11) is 0. The Morgan fingerprint density at radius 2 is 2.00 bits per heavy atom. The summed E-state index contributed by atoms with van der Waals surface area (Å²) in [6.07, 6.45) is 6.68. The molecule has 0 fully saturated rings. The lowest BCUT2D eigenvalue weighted by atomic mass is 9.87. The van der Waals surface area contributed by atoms with Gasteiger partial charge in [-0.05, 0) is 60.9 Å². The lowest BCUT2D eigenvalue weighted by Gasteiger charge is -2.21. The predicted molar refractivity (Wildman–Crippen MR) is 107 cm³/mol. The maximum absolute atomic E-state index is 12.5. The molecule has 1 atom stereocenters. The zero-order valence-electron chi connectivity index (χ0n) is 15.3. The summed E-state index contributed by atoms with van der Waals surface area (Å²) in [4.78, 5) is 15.7. The number of carbonyl (C=O) groups is 1. The Kier molecular flexibility index (Phi) is 4.86. The second-order valence-corrected chi connectivity index (χ2v) is 7.30. The molecular formula is C22H25N3O2. The van der Waals surface area contributed by atoms with Gasteiger partial charge in [-0.15, -0.1) is 0 Å². The molecule has 1 aliphatic rings. The molecule has 0 radical (unpaired) electrons. The first-order valence-corrected chi connectivity index (χ1v) is 9.54. The average Bonchev–Trinajstić information content (AvgIpc) is 3.10. The number of H-pyrrole nitrogens is 1. The lowest BCUT2D eigenvalue weighted by Crippen LogP contribution is -2.41. The number of nitrogens with two attached hydrogens (primary N) is 1. The predicted octanol–water partition coefficient (Wildman–Crippen LogP) is 2.94. The van der Waals surface area contributed by atoms with Crippen LogP contribution in [0.15, 0.2) is 42.6 Å². The summed E-state index contributed by atoms with van der Waals surface area (Å²) in [6.45, 7) is 0.315. The fourth-order valence-electron chi connectivity index (χ4n) is 4.03. The second-order valence-electron chi connectivity index (χ2n) is 7.30. The molecule has 0 unspecified atom stereocenters. The first-order valence-electron chi connectivity index (χ1n) is 9.54. The number of aromatic amines is 1. The summed E-state index contributed by atoms with van der Waals surface area (Å²) in [6, 6.07) is 11.1. The van der Waals surface area contributed by atoms with Gasteiger partial charge in [0.2, 0.25) is 5.91 Å². The zero-order valence-corrected chi connectivity index (χ0v) is 15.3. The molecule has 5 N–H and O–H groups in total. The second kappa shape index (κ2) is 7.45. The van der Waals surface area contributed by atoms with Gasteiger partial charge in [-0.1, -0.05) is 24.3 Å². The smallest absolute Gasteiger partial charge is 0.237 e. The fourth-order valence-corrected chi connectivity index (χ4v) is 4.03. The van der Waals surface area contributed by atoms with Gasteiger partial charge in [-0.25, -0.2) is 0 Å². The molecule has 0 saturated heterocycles. The summed E-state index contributed by atoms with van der Waals surface area (Å²) >= 11 is 0. The van der Waals surface area contributed by atoms with E-state index in [0.717, 1.165) is 41.3 Å². The van der Waals surface area contributed by atoms with Gasteiger partial charge in [0.05, 0.1) is 6.04 Å². The number of hydrogen-bond donors (Lipinski definition) is 4. The van der Waals surface area contributed by atoms with E-state index in [9.17, 15) is 9.90 Å². The number of fused-ring (bicyclic) bond motifs is 2. The first kappa shape index (κ1) is 17.6. The Morgan fingerprint density at radius 3 is 2.89 bits per heavy atom. The first-order chi connectivity index (χ1) is 13.1. The van der Waals surface area contributed by atoms with Crippen LogP contribution in [0.25, 0.3) is 10.9 Å². The van der Waals surface area contributed by atoms with Gasteiger partial charge < -0.3 is 21.1 Å². The van der Waals surface area contributed by atoms with Crippen molar-refractivity contribution in [2.45, 2.75) is 44.7 Å². The highest BCUT2D eigenvalue weighted by Gasteiger charge is 2.19. The summed E-state index contributed by atoms with van der Waals surface area (Å²) in [5, 5.41) is 14.3.